The Morgan fingerprint density at radius 1 is 1.30 bits per heavy atom. The molecule has 0 heterocycles. The molecule has 1 aromatic rings. The fourth-order valence-corrected chi connectivity index (χ4v) is 1.82. The minimum atomic E-state index is -0.579. The van der Waals surface area contributed by atoms with Crippen LogP contribution in [0.1, 0.15) is 40.0 Å². The third-order valence-electron chi connectivity index (χ3n) is 2.91. The Hall–Kier alpha value is -2.08. The lowest BCUT2D eigenvalue weighted by Gasteiger charge is -2.19. The van der Waals surface area contributed by atoms with Gasteiger partial charge in [0.15, 0.2) is 0 Å². The van der Waals surface area contributed by atoms with Crippen LogP contribution in [0.25, 0.3) is 0 Å². The number of anilines is 1. The van der Waals surface area contributed by atoms with Crippen molar-refractivity contribution in [1.29, 1.82) is 0 Å². The normalized spacial score (nSPS) is 12.3. The van der Waals surface area contributed by atoms with Gasteiger partial charge in [-0.1, -0.05) is 18.2 Å². The second-order valence-corrected chi connectivity index (χ2v) is 6.30. The predicted octanol–water partition coefficient (Wildman–Crippen LogP) is 2.45. The topological polar surface area (TPSA) is 93.4 Å². The average molecular weight is 320 g/mol. The average Bonchev–Trinajstić information content (AvgIpc) is 2.45. The SMILES string of the molecule is CC(C)(C)OC(=O)NCCCC[C@H](N)C(=O)Nc1[c]cccc1. The lowest BCUT2D eigenvalue weighted by Crippen LogP contribution is -2.36. The number of nitrogens with two attached hydrogens (primary N) is 1. The zero-order valence-corrected chi connectivity index (χ0v) is 14.0. The van der Waals surface area contributed by atoms with E-state index in [4.69, 9.17) is 10.5 Å². The van der Waals surface area contributed by atoms with Crippen LogP contribution < -0.4 is 16.4 Å². The molecule has 1 atom stereocenters. The summed E-state index contributed by atoms with van der Waals surface area (Å²) in [6, 6.07) is 9.47. The molecule has 23 heavy (non-hydrogen) atoms. The van der Waals surface area contributed by atoms with Crippen LogP contribution in [-0.4, -0.2) is 30.2 Å². The second kappa shape index (κ2) is 9.15. The maximum absolute atomic E-state index is 11.9. The van der Waals surface area contributed by atoms with Gasteiger partial charge < -0.3 is 21.1 Å². The molecule has 6 nitrogen and oxygen atoms in total. The van der Waals surface area contributed by atoms with Crippen molar-refractivity contribution in [3.8, 4) is 0 Å². The van der Waals surface area contributed by atoms with Gasteiger partial charge in [0.2, 0.25) is 5.91 Å². The molecule has 0 saturated carbocycles. The number of ether oxygens (including phenoxy) is 1. The van der Waals surface area contributed by atoms with E-state index in [2.05, 4.69) is 16.7 Å². The molecule has 0 aliphatic carbocycles. The van der Waals surface area contributed by atoms with Crippen LogP contribution in [0.2, 0.25) is 0 Å². The molecule has 1 radical (unpaired) electrons. The highest BCUT2D eigenvalue weighted by Gasteiger charge is 2.16. The quantitative estimate of drug-likeness (QED) is 0.673. The lowest BCUT2D eigenvalue weighted by molar-refractivity contribution is -0.117. The van der Waals surface area contributed by atoms with Crippen molar-refractivity contribution in [2.45, 2.75) is 51.7 Å². The number of amides is 2. The largest absolute Gasteiger partial charge is 0.444 e. The van der Waals surface area contributed by atoms with Gasteiger partial charge in [0.1, 0.15) is 5.60 Å². The number of hydrogen-bond donors (Lipinski definition) is 3. The summed E-state index contributed by atoms with van der Waals surface area (Å²) in [6.45, 7) is 5.94. The van der Waals surface area contributed by atoms with Crippen LogP contribution in [0.4, 0.5) is 10.5 Å². The molecule has 1 rings (SSSR count). The molecule has 0 spiro atoms. The van der Waals surface area contributed by atoms with Gasteiger partial charge in [-0.25, -0.2) is 4.79 Å². The minimum Gasteiger partial charge on any atom is -0.444 e. The van der Waals surface area contributed by atoms with Crippen LogP contribution in [0, 0.1) is 6.07 Å². The minimum absolute atomic E-state index is 0.229. The highest BCUT2D eigenvalue weighted by atomic mass is 16.6. The van der Waals surface area contributed by atoms with Crippen LogP contribution >= 0.6 is 0 Å². The first-order valence-electron chi connectivity index (χ1n) is 7.78. The van der Waals surface area contributed by atoms with E-state index in [1.165, 1.54) is 0 Å². The monoisotopic (exact) mass is 320 g/mol. The second-order valence-electron chi connectivity index (χ2n) is 6.30. The number of unbranched alkanes of at least 4 members (excludes halogenated alkanes) is 1. The Morgan fingerprint density at radius 3 is 2.65 bits per heavy atom. The van der Waals surface area contributed by atoms with Crippen molar-refractivity contribution < 1.29 is 14.3 Å². The summed E-state index contributed by atoms with van der Waals surface area (Å²) in [5.41, 5.74) is 5.96. The summed E-state index contributed by atoms with van der Waals surface area (Å²) in [6.07, 6.45) is 1.59. The molecule has 0 bridgehead atoms. The van der Waals surface area contributed by atoms with Crippen molar-refractivity contribution >= 4 is 17.7 Å². The van der Waals surface area contributed by atoms with E-state index in [1.54, 1.807) is 12.1 Å². The smallest absolute Gasteiger partial charge is 0.407 e. The number of benzene rings is 1. The van der Waals surface area contributed by atoms with Crippen LogP contribution in [0.5, 0.6) is 0 Å². The van der Waals surface area contributed by atoms with Crippen LogP contribution in [-0.2, 0) is 9.53 Å². The van der Waals surface area contributed by atoms with Crippen molar-refractivity contribution in [1.82, 2.24) is 5.32 Å². The van der Waals surface area contributed by atoms with Gasteiger partial charge in [-0.15, -0.1) is 0 Å². The number of alkyl carbamates (subject to hydrolysis) is 1. The van der Waals surface area contributed by atoms with E-state index in [0.717, 1.165) is 12.8 Å². The van der Waals surface area contributed by atoms with Gasteiger partial charge in [-0.2, -0.15) is 0 Å². The Morgan fingerprint density at radius 2 is 2.04 bits per heavy atom. The molecule has 0 aliphatic heterocycles. The van der Waals surface area contributed by atoms with Crippen LogP contribution in [0.15, 0.2) is 24.3 Å². The molecule has 1 aromatic carbocycles. The standard InChI is InChI=1S/C17H26N3O3/c1-17(2,3)23-16(22)19-12-8-7-11-14(18)15(21)20-13-9-5-4-6-10-13/h4-6,9,14H,7-8,11-12,18H2,1-3H3,(H,19,22)(H,20,21)/t14-/m0/s1. The van der Waals surface area contributed by atoms with Crippen molar-refractivity contribution in [2.24, 2.45) is 5.73 Å². The number of hydrogen-bond acceptors (Lipinski definition) is 4. The molecule has 6 heteroatoms. The summed E-state index contributed by atoms with van der Waals surface area (Å²) in [5.74, 6) is -0.229. The third kappa shape index (κ3) is 8.83. The number of rotatable bonds is 7. The number of para-hydroxylation sites is 1. The van der Waals surface area contributed by atoms with E-state index in [0.29, 0.717) is 18.7 Å². The Balaban J connectivity index is 2.15. The van der Waals surface area contributed by atoms with E-state index < -0.39 is 17.7 Å². The maximum atomic E-state index is 11.9. The molecule has 0 aromatic heterocycles. The highest BCUT2D eigenvalue weighted by molar-refractivity contribution is 5.94. The molecule has 0 fully saturated rings. The molecule has 4 N–H and O–H groups in total. The Bertz CT molecular complexity index is 498. The van der Waals surface area contributed by atoms with E-state index in [-0.39, 0.29) is 5.91 Å². The third-order valence-corrected chi connectivity index (χ3v) is 2.91. The highest BCUT2D eigenvalue weighted by Crippen LogP contribution is 2.08. The molecule has 0 saturated heterocycles. The zero-order chi connectivity index (χ0) is 17.3. The van der Waals surface area contributed by atoms with Crippen molar-refractivity contribution in [2.75, 3.05) is 11.9 Å². The summed E-state index contributed by atoms with van der Waals surface area (Å²) < 4.78 is 5.13. The summed E-state index contributed by atoms with van der Waals surface area (Å²) in [7, 11) is 0. The van der Waals surface area contributed by atoms with Crippen molar-refractivity contribution in [3.05, 3.63) is 30.3 Å². The number of carbonyl (C=O) groups is 2. The fraction of sp³-hybridized carbons (Fsp3) is 0.529. The maximum Gasteiger partial charge on any atom is 0.407 e. The van der Waals surface area contributed by atoms with Crippen LogP contribution in [0.3, 0.4) is 0 Å². The first-order chi connectivity index (χ1) is 10.8. The molecular formula is C17H26N3O3. The lowest BCUT2D eigenvalue weighted by atomic mass is 10.1. The zero-order valence-electron chi connectivity index (χ0n) is 14.0. The molecule has 0 unspecified atom stereocenters. The van der Waals surface area contributed by atoms with Gasteiger partial charge >= 0.3 is 6.09 Å². The molecule has 127 valence electrons. The molecule has 0 aliphatic rings. The predicted molar refractivity (Wildman–Crippen MR) is 90.0 cm³/mol. The van der Waals surface area contributed by atoms with Crippen molar-refractivity contribution in [3.63, 3.8) is 0 Å². The molecular weight excluding hydrogens is 294 g/mol. The summed E-state index contributed by atoms with van der Waals surface area (Å²) in [4.78, 5) is 23.3. The van der Waals surface area contributed by atoms with Gasteiger partial charge in [-0.05, 0) is 46.1 Å². The van der Waals surface area contributed by atoms with E-state index in [1.807, 2.05) is 32.9 Å². The van der Waals surface area contributed by atoms with E-state index in [9.17, 15) is 9.59 Å². The summed E-state index contributed by atoms with van der Waals surface area (Å²) >= 11 is 0. The first-order valence-corrected chi connectivity index (χ1v) is 7.78. The summed E-state index contributed by atoms with van der Waals surface area (Å²) in [5, 5.41) is 5.39. The van der Waals surface area contributed by atoms with Gasteiger partial charge in [0.25, 0.3) is 0 Å². The van der Waals surface area contributed by atoms with E-state index >= 15 is 0 Å². The Labute approximate surface area is 137 Å². The van der Waals surface area contributed by atoms with Gasteiger partial charge in [0, 0.05) is 18.3 Å². The van der Waals surface area contributed by atoms with Gasteiger partial charge in [-0.3, -0.25) is 4.79 Å². The Kier molecular flexibility index (Phi) is 7.54. The molecule has 2 amide bonds. The number of carbonyl (C=O) groups excluding carboxylic acids is 2. The fourth-order valence-electron chi connectivity index (χ4n) is 1.82. The first kappa shape index (κ1) is 19.0. The van der Waals surface area contributed by atoms with Gasteiger partial charge in [0.05, 0.1) is 6.04 Å². The number of nitrogens with one attached hydrogen (secondary N) is 2.